The molecule has 1 aromatic carbocycles. The SMILES string of the molecule is COc1ccc([N+](=O)[O-])c(C(=O)NN)c1C(=O)NN. The Kier molecular flexibility index (Phi) is 4.34. The average Bonchev–Trinajstić information content (AvgIpc) is 2.43. The number of nitrogens with one attached hydrogen (secondary N) is 2. The van der Waals surface area contributed by atoms with Gasteiger partial charge in [0.2, 0.25) is 0 Å². The van der Waals surface area contributed by atoms with Gasteiger partial charge in [-0.2, -0.15) is 0 Å². The number of nitro groups is 1. The maximum absolute atomic E-state index is 11.6. The van der Waals surface area contributed by atoms with Gasteiger partial charge in [0.1, 0.15) is 16.9 Å². The van der Waals surface area contributed by atoms with Gasteiger partial charge in [-0.25, -0.2) is 11.7 Å². The molecule has 0 saturated carbocycles. The summed E-state index contributed by atoms with van der Waals surface area (Å²) in [5.74, 6) is 7.95. The molecule has 6 N–H and O–H groups in total. The van der Waals surface area contributed by atoms with Crippen LogP contribution in [0, 0.1) is 10.1 Å². The molecule has 1 aromatic rings. The van der Waals surface area contributed by atoms with Gasteiger partial charge in [-0.15, -0.1) is 0 Å². The summed E-state index contributed by atoms with van der Waals surface area (Å²) in [6.45, 7) is 0. The number of rotatable bonds is 4. The summed E-state index contributed by atoms with van der Waals surface area (Å²) >= 11 is 0. The van der Waals surface area contributed by atoms with Gasteiger partial charge < -0.3 is 4.74 Å². The largest absolute Gasteiger partial charge is 0.496 e. The topological polar surface area (TPSA) is 163 Å². The highest BCUT2D eigenvalue weighted by Gasteiger charge is 2.30. The third-order valence-electron chi connectivity index (χ3n) is 2.28. The number of hydrogen-bond acceptors (Lipinski definition) is 7. The van der Waals surface area contributed by atoms with Gasteiger partial charge in [-0.1, -0.05) is 0 Å². The molecule has 19 heavy (non-hydrogen) atoms. The number of amides is 2. The van der Waals surface area contributed by atoms with E-state index in [2.05, 4.69) is 0 Å². The smallest absolute Gasteiger partial charge is 0.283 e. The number of benzene rings is 1. The van der Waals surface area contributed by atoms with Crippen molar-refractivity contribution in [2.75, 3.05) is 7.11 Å². The van der Waals surface area contributed by atoms with Crippen LogP contribution in [-0.4, -0.2) is 23.8 Å². The number of methoxy groups -OCH3 is 1. The molecular weight excluding hydrogens is 258 g/mol. The molecule has 0 fully saturated rings. The number of nitro benzene ring substituents is 1. The highest BCUT2D eigenvalue weighted by atomic mass is 16.6. The molecule has 0 radical (unpaired) electrons. The van der Waals surface area contributed by atoms with Crippen LogP contribution in [0.4, 0.5) is 5.69 Å². The molecule has 0 bridgehead atoms. The Hall–Kier alpha value is -2.72. The lowest BCUT2D eigenvalue weighted by molar-refractivity contribution is -0.385. The van der Waals surface area contributed by atoms with E-state index in [0.29, 0.717) is 0 Å². The lowest BCUT2D eigenvalue weighted by atomic mass is 10.0. The van der Waals surface area contributed by atoms with Gasteiger partial charge in [-0.3, -0.25) is 30.6 Å². The number of nitrogen functional groups attached to an aromatic ring is 2. The second kappa shape index (κ2) is 5.75. The molecule has 10 nitrogen and oxygen atoms in total. The van der Waals surface area contributed by atoms with Crippen molar-refractivity contribution < 1.29 is 19.2 Å². The van der Waals surface area contributed by atoms with Crippen LogP contribution in [0.3, 0.4) is 0 Å². The highest BCUT2D eigenvalue weighted by molar-refractivity contribution is 6.11. The van der Waals surface area contributed by atoms with Gasteiger partial charge in [0.05, 0.1) is 12.0 Å². The van der Waals surface area contributed by atoms with Crippen LogP contribution in [0.25, 0.3) is 0 Å². The monoisotopic (exact) mass is 269 g/mol. The van der Waals surface area contributed by atoms with Gasteiger partial charge in [0, 0.05) is 6.07 Å². The van der Waals surface area contributed by atoms with Gasteiger partial charge in [0.25, 0.3) is 17.5 Å². The van der Waals surface area contributed by atoms with E-state index in [1.54, 1.807) is 10.9 Å². The van der Waals surface area contributed by atoms with E-state index in [1.165, 1.54) is 13.2 Å². The zero-order valence-corrected chi connectivity index (χ0v) is 9.80. The van der Waals surface area contributed by atoms with E-state index in [4.69, 9.17) is 16.4 Å². The Labute approximate surface area is 106 Å². The van der Waals surface area contributed by atoms with E-state index >= 15 is 0 Å². The van der Waals surface area contributed by atoms with E-state index < -0.39 is 28.0 Å². The molecule has 0 spiro atoms. The van der Waals surface area contributed by atoms with Gasteiger partial charge >= 0.3 is 0 Å². The first kappa shape index (κ1) is 14.3. The Morgan fingerprint density at radius 2 is 1.74 bits per heavy atom. The molecule has 0 aromatic heterocycles. The Balaban J connectivity index is 3.70. The summed E-state index contributed by atoms with van der Waals surface area (Å²) in [6.07, 6.45) is 0. The lowest BCUT2D eigenvalue weighted by Crippen LogP contribution is -2.36. The minimum atomic E-state index is -1.01. The second-order valence-electron chi connectivity index (χ2n) is 3.24. The summed E-state index contributed by atoms with van der Waals surface area (Å²) in [5.41, 5.74) is 2.01. The minimum absolute atomic E-state index is 0.0489. The third-order valence-corrected chi connectivity index (χ3v) is 2.28. The number of hydrazine groups is 2. The zero-order valence-electron chi connectivity index (χ0n) is 9.80. The van der Waals surface area contributed by atoms with Crippen molar-refractivity contribution in [1.82, 2.24) is 10.9 Å². The third kappa shape index (κ3) is 2.59. The number of carbonyl (C=O) groups excluding carboxylic acids is 2. The molecule has 10 heteroatoms. The predicted octanol–water partition coefficient (Wildman–Crippen LogP) is -1.19. The van der Waals surface area contributed by atoms with Crippen LogP contribution in [0.2, 0.25) is 0 Å². The molecule has 102 valence electrons. The first-order valence-corrected chi connectivity index (χ1v) is 4.85. The van der Waals surface area contributed by atoms with Crippen LogP contribution >= 0.6 is 0 Å². The maximum Gasteiger partial charge on any atom is 0.283 e. The first-order valence-electron chi connectivity index (χ1n) is 4.85. The van der Waals surface area contributed by atoms with Crippen molar-refractivity contribution in [3.8, 4) is 5.75 Å². The molecular formula is C9H11N5O5. The predicted molar refractivity (Wildman–Crippen MR) is 63.0 cm³/mol. The zero-order chi connectivity index (χ0) is 14.6. The van der Waals surface area contributed by atoms with Gasteiger partial charge in [-0.05, 0) is 6.07 Å². The standard InChI is InChI=1S/C9H11N5O5/c1-19-5-3-2-4(14(17)18)6(8(15)12-10)7(5)9(16)13-11/h2-3H,10-11H2,1H3,(H,12,15)(H,13,16). The van der Waals surface area contributed by atoms with Crippen molar-refractivity contribution in [1.29, 1.82) is 0 Å². The van der Waals surface area contributed by atoms with Crippen LogP contribution in [0.15, 0.2) is 12.1 Å². The van der Waals surface area contributed by atoms with E-state index in [0.717, 1.165) is 6.07 Å². The summed E-state index contributed by atoms with van der Waals surface area (Å²) < 4.78 is 4.88. The fourth-order valence-electron chi connectivity index (χ4n) is 1.49. The molecule has 0 saturated heterocycles. The summed E-state index contributed by atoms with van der Waals surface area (Å²) in [6, 6.07) is 2.20. The second-order valence-corrected chi connectivity index (χ2v) is 3.24. The molecule has 1 rings (SSSR count). The minimum Gasteiger partial charge on any atom is -0.496 e. The number of hydrogen-bond donors (Lipinski definition) is 4. The molecule has 0 aliphatic rings. The van der Waals surface area contributed by atoms with Crippen molar-refractivity contribution >= 4 is 17.5 Å². The normalized spacial score (nSPS) is 9.63. The Morgan fingerprint density at radius 3 is 2.16 bits per heavy atom. The van der Waals surface area contributed by atoms with Crippen molar-refractivity contribution in [3.63, 3.8) is 0 Å². The van der Waals surface area contributed by atoms with Gasteiger partial charge in [0.15, 0.2) is 0 Å². The number of nitrogens with two attached hydrogens (primary N) is 2. The molecule has 2 amide bonds. The fourth-order valence-corrected chi connectivity index (χ4v) is 1.49. The molecule has 0 aliphatic heterocycles. The van der Waals surface area contributed by atoms with Crippen LogP contribution in [0.5, 0.6) is 5.75 Å². The number of carbonyl (C=O) groups is 2. The average molecular weight is 269 g/mol. The van der Waals surface area contributed by atoms with Crippen LogP contribution < -0.4 is 27.3 Å². The van der Waals surface area contributed by atoms with Crippen LogP contribution in [-0.2, 0) is 0 Å². The fraction of sp³-hybridized carbons (Fsp3) is 0.111. The van der Waals surface area contributed by atoms with Crippen molar-refractivity contribution in [2.45, 2.75) is 0 Å². The van der Waals surface area contributed by atoms with Crippen molar-refractivity contribution in [2.24, 2.45) is 11.7 Å². The molecule has 0 unspecified atom stereocenters. The Bertz CT molecular complexity index is 544. The Morgan fingerprint density at radius 1 is 1.21 bits per heavy atom. The van der Waals surface area contributed by atoms with E-state index in [-0.39, 0.29) is 11.3 Å². The molecule has 0 atom stereocenters. The molecule has 0 heterocycles. The quantitative estimate of drug-likeness (QED) is 0.231. The van der Waals surface area contributed by atoms with E-state index in [9.17, 15) is 19.7 Å². The van der Waals surface area contributed by atoms with Crippen molar-refractivity contribution in [3.05, 3.63) is 33.4 Å². The van der Waals surface area contributed by atoms with E-state index in [1.807, 2.05) is 0 Å². The summed E-state index contributed by atoms with van der Waals surface area (Å²) in [5, 5.41) is 10.9. The van der Waals surface area contributed by atoms with Crippen LogP contribution in [0.1, 0.15) is 20.7 Å². The number of nitrogens with zero attached hydrogens (tertiary/aromatic N) is 1. The maximum atomic E-state index is 11.6. The highest BCUT2D eigenvalue weighted by Crippen LogP contribution is 2.30. The number of ether oxygens (including phenoxy) is 1. The lowest BCUT2D eigenvalue weighted by Gasteiger charge is -2.11. The molecule has 0 aliphatic carbocycles. The first-order chi connectivity index (χ1) is 8.97. The summed E-state index contributed by atoms with van der Waals surface area (Å²) in [7, 11) is 1.23. The summed E-state index contributed by atoms with van der Waals surface area (Å²) in [4.78, 5) is 33.3.